The Kier molecular flexibility index (Phi) is 4.70. The molecule has 2 aromatic heterocycles. The highest BCUT2D eigenvalue weighted by Crippen LogP contribution is 2.06. The van der Waals surface area contributed by atoms with E-state index in [0.717, 1.165) is 24.4 Å². The van der Waals surface area contributed by atoms with Crippen LogP contribution in [0.3, 0.4) is 0 Å². The quantitative estimate of drug-likeness (QED) is 0.843. The van der Waals surface area contributed by atoms with Crippen LogP contribution in [0.2, 0.25) is 0 Å². The third-order valence-corrected chi connectivity index (χ3v) is 2.64. The lowest BCUT2D eigenvalue weighted by Crippen LogP contribution is -2.23. The number of carbonyl (C=O) groups is 1. The molecule has 2 aromatic rings. The second-order valence-electron chi connectivity index (χ2n) is 4.41. The van der Waals surface area contributed by atoms with Crippen molar-refractivity contribution >= 4 is 11.6 Å². The number of amides is 1. The third kappa shape index (κ3) is 3.81. The number of pyridine rings is 1. The molecular formula is C14H18N4O2. The summed E-state index contributed by atoms with van der Waals surface area (Å²) >= 11 is 0. The number of aromatic nitrogens is 2. The Morgan fingerprint density at radius 2 is 2.15 bits per heavy atom. The van der Waals surface area contributed by atoms with Gasteiger partial charge in [0.2, 0.25) is 5.89 Å². The van der Waals surface area contributed by atoms with Crippen LogP contribution < -0.4 is 10.6 Å². The fourth-order valence-electron chi connectivity index (χ4n) is 1.63. The number of rotatable bonds is 6. The van der Waals surface area contributed by atoms with Gasteiger partial charge in [-0.3, -0.25) is 4.79 Å². The summed E-state index contributed by atoms with van der Waals surface area (Å²) in [5.41, 5.74) is 1.28. The number of nitrogens with zero attached hydrogens (tertiary/aromatic N) is 2. The van der Waals surface area contributed by atoms with E-state index in [1.165, 1.54) is 0 Å². The van der Waals surface area contributed by atoms with Gasteiger partial charge in [-0.15, -0.1) is 0 Å². The Balaban J connectivity index is 1.88. The lowest BCUT2D eigenvalue weighted by atomic mass is 10.3. The van der Waals surface area contributed by atoms with Crippen molar-refractivity contribution in [2.45, 2.75) is 26.8 Å². The second-order valence-corrected chi connectivity index (χ2v) is 4.41. The van der Waals surface area contributed by atoms with Gasteiger partial charge in [0.25, 0.3) is 5.91 Å². The van der Waals surface area contributed by atoms with Crippen LogP contribution in [0.25, 0.3) is 0 Å². The van der Waals surface area contributed by atoms with E-state index in [9.17, 15) is 4.79 Å². The number of nitrogens with one attached hydrogen (secondary N) is 2. The van der Waals surface area contributed by atoms with E-state index < -0.39 is 0 Å². The molecular weight excluding hydrogens is 256 g/mol. The lowest BCUT2D eigenvalue weighted by molar-refractivity contribution is 0.0942. The largest absolute Gasteiger partial charge is 0.444 e. The van der Waals surface area contributed by atoms with Gasteiger partial charge in [0.1, 0.15) is 11.5 Å². The molecule has 0 aliphatic heterocycles. The van der Waals surface area contributed by atoms with E-state index in [1.807, 2.05) is 13.0 Å². The van der Waals surface area contributed by atoms with E-state index in [1.54, 1.807) is 18.5 Å². The van der Waals surface area contributed by atoms with E-state index >= 15 is 0 Å². The predicted molar refractivity (Wildman–Crippen MR) is 75.4 cm³/mol. The molecule has 1 amide bonds. The molecule has 0 saturated heterocycles. The third-order valence-electron chi connectivity index (χ3n) is 2.64. The van der Waals surface area contributed by atoms with Gasteiger partial charge in [-0.1, -0.05) is 6.92 Å². The number of hydrogen-bond donors (Lipinski definition) is 2. The second kappa shape index (κ2) is 6.70. The molecule has 0 spiro atoms. The van der Waals surface area contributed by atoms with Crippen molar-refractivity contribution < 1.29 is 9.21 Å². The smallest absolute Gasteiger partial charge is 0.270 e. The first-order chi connectivity index (χ1) is 9.69. The lowest BCUT2D eigenvalue weighted by Gasteiger charge is -2.05. The van der Waals surface area contributed by atoms with E-state index in [2.05, 4.69) is 27.5 Å². The molecule has 2 N–H and O–H groups in total. The Hall–Kier alpha value is -2.37. The summed E-state index contributed by atoms with van der Waals surface area (Å²) < 4.78 is 5.28. The SMILES string of the molecule is CCCNc1ccc(C(=O)NCc2ncc(C)o2)nc1. The standard InChI is InChI=1S/C14H18N4O2/c1-3-6-15-11-4-5-12(16-8-11)14(19)18-9-13-17-7-10(2)20-13/h4-5,7-8,15H,3,6,9H2,1-2H3,(H,18,19). The topological polar surface area (TPSA) is 80.0 Å². The molecule has 0 bridgehead atoms. The monoisotopic (exact) mass is 274 g/mol. The maximum absolute atomic E-state index is 11.9. The zero-order chi connectivity index (χ0) is 14.4. The number of oxazole rings is 1. The molecule has 6 heteroatoms. The van der Waals surface area contributed by atoms with Crippen LogP contribution in [-0.2, 0) is 6.54 Å². The van der Waals surface area contributed by atoms with Crippen LogP contribution in [0.5, 0.6) is 0 Å². The molecule has 6 nitrogen and oxygen atoms in total. The minimum atomic E-state index is -0.247. The van der Waals surface area contributed by atoms with Crippen molar-refractivity contribution in [1.82, 2.24) is 15.3 Å². The average Bonchev–Trinajstić information content (AvgIpc) is 2.89. The summed E-state index contributed by atoms with van der Waals surface area (Å²) in [7, 11) is 0. The van der Waals surface area contributed by atoms with Crippen molar-refractivity contribution in [3.05, 3.63) is 41.9 Å². The van der Waals surface area contributed by atoms with Gasteiger partial charge in [0.05, 0.1) is 24.6 Å². The normalized spacial score (nSPS) is 10.3. The first kappa shape index (κ1) is 14.0. The van der Waals surface area contributed by atoms with Crippen LogP contribution in [0.15, 0.2) is 28.9 Å². The van der Waals surface area contributed by atoms with E-state index in [4.69, 9.17) is 4.42 Å². The highest BCUT2D eigenvalue weighted by atomic mass is 16.4. The van der Waals surface area contributed by atoms with Gasteiger partial charge in [0, 0.05) is 6.54 Å². The Morgan fingerprint density at radius 1 is 1.30 bits per heavy atom. The molecule has 2 rings (SSSR count). The van der Waals surface area contributed by atoms with Gasteiger partial charge < -0.3 is 15.1 Å². The first-order valence-electron chi connectivity index (χ1n) is 6.58. The maximum atomic E-state index is 11.9. The molecule has 0 saturated carbocycles. The maximum Gasteiger partial charge on any atom is 0.270 e. The van der Waals surface area contributed by atoms with Crippen molar-refractivity contribution in [2.75, 3.05) is 11.9 Å². The highest BCUT2D eigenvalue weighted by Gasteiger charge is 2.08. The number of carbonyl (C=O) groups excluding carboxylic acids is 1. The van der Waals surface area contributed by atoms with Crippen molar-refractivity contribution in [2.24, 2.45) is 0 Å². The zero-order valence-electron chi connectivity index (χ0n) is 11.6. The Bertz CT molecular complexity index is 563. The van der Waals surface area contributed by atoms with Crippen LogP contribution in [-0.4, -0.2) is 22.4 Å². The fraction of sp³-hybridized carbons (Fsp3) is 0.357. The molecule has 0 aliphatic rings. The van der Waals surface area contributed by atoms with Crippen LogP contribution in [0.1, 0.15) is 35.5 Å². The minimum Gasteiger partial charge on any atom is -0.444 e. The van der Waals surface area contributed by atoms with Gasteiger partial charge in [-0.25, -0.2) is 9.97 Å². The fourth-order valence-corrected chi connectivity index (χ4v) is 1.63. The van der Waals surface area contributed by atoms with E-state index in [0.29, 0.717) is 11.6 Å². The number of aryl methyl sites for hydroxylation is 1. The molecule has 0 unspecified atom stereocenters. The van der Waals surface area contributed by atoms with E-state index in [-0.39, 0.29) is 12.5 Å². The summed E-state index contributed by atoms with van der Waals surface area (Å²) in [6, 6.07) is 3.53. The Labute approximate surface area is 117 Å². The Morgan fingerprint density at radius 3 is 2.75 bits per heavy atom. The molecule has 106 valence electrons. The highest BCUT2D eigenvalue weighted by molar-refractivity contribution is 5.92. The van der Waals surface area contributed by atoms with Gasteiger partial charge in [0.15, 0.2) is 0 Å². The van der Waals surface area contributed by atoms with Crippen LogP contribution in [0.4, 0.5) is 5.69 Å². The molecule has 0 aromatic carbocycles. The van der Waals surface area contributed by atoms with Gasteiger partial charge in [-0.05, 0) is 25.5 Å². The molecule has 20 heavy (non-hydrogen) atoms. The summed E-state index contributed by atoms with van der Waals surface area (Å²) in [6.45, 7) is 5.04. The van der Waals surface area contributed by atoms with Gasteiger partial charge >= 0.3 is 0 Å². The molecule has 0 atom stereocenters. The van der Waals surface area contributed by atoms with Crippen LogP contribution >= 0.6 is 0 Å². The number of anilines is 1. The van der Waals surface area contributed by atoms with Crippen molar-refractivity contribution in [3.63, 3.8) is 0 Å². The zero-order valence-corrected chi connectivity index (χ0v) is 11.6. The molecule has 2 heterocycles. The summed E-state index contributed by atoms with van der Waals surface area (Å²) in [6.07, 6.45) is 4.31. The average molecular weight is 274 g/mol. The van der Waals surface area contributed by atoms with Gasteiger partial charge in [-0.2, -0.15) is 0 Å². The summed E-state index contributed by atoms with van der Waals surface area (Å²) in [5.74, 6) is 0.957. The molecule has 0 fully saturated rings. The molecule has 0 radical (unpaired) electrons. The van der Waals surface area contributed by atoms with Crippen molar-refractivity contribution in [3.8, 4) is 0 Å². The first-order valence-corrected chi connectivity index (χ1v) is 6.58. The van der Waals surface area contributed by atoms with Crippen LogP contribution in [0, 0.1) is 6.92 Å². The summed E-state index contributed by atoms with van der Waals surface area (Å²) in [5, 5.41) is 5.91. The molecule has 0 aliphatic carbocycles. The minimum absolute atomic E-state index is 0.247. The predicted octanol–water partition coefficient (Wildman–Crippen LogP) is 2.13. The van der Waals surface area contributed by atoms with Crippen molar-refractivity contribution in [1.29, 1.82) is 0 Å². The summed E-state index contributed by atoms with van der Waals surface area (Å²) in [4.78, 5) is 20.0. The number of hydrogen-bond acceptors (Lipinski definition) is 5.